The van der Waals surface area contributed by atoms with E-state index in [9.17, 15) is 4.39 Å². The van der Waals surface area contributed by atoms with Gasteiger partial charge in [0.1, 0.15) is 18.2 Å². The number of aromatic nitrogens is 2. The molecule has 0 saturated heterocycles. The average Bonchev–Trinajstić information content (AvgIpc) is 2.74. The van der Waals surface area contributed by atoms with Gasteiger partial charge in [0.2, 0.25) is 0 Å². The van der Waals surface area contributed by atoms with Crippen LogP contribution in [-0.2, 0) is 19.7 Å². The number of halogens is 2. The number of rotatable bonds is 6. The number of hydrogen-bond acceptors (Lipinski definition) is 3. The van der Waals surface area contributed by atoms with Crippen molar-refractivity contribution < 1.29 is 9.13 Å². The van der Waals surface area contributed by atoms with Crippen molar-refractivity contribution in [1.29, 1.82) is 0 Å². The number of nitrogens with one attached hydrogen (secondary N) is 1. The Morgan fingerprint density at radius 1 is 1.43 bits per heavy atom. The van der Waals surface area contributed by atoms with E-state index in [0.29, 0.717) is 23.9 Å². The lowest BCUT2D eigenvalue weighted by Gasteiger charge is -2.12. The highest BCUT2D eigenvalue weighted by molar-refractivity contribution is 6.31. The number of nitrogens with zero attached hydrogens (tertiary/aromatic N) is 2. The van der Waals surface area contributed by atoms with Crippen molar-refractivity contribution in [2.24, 2.45) is 0 Å². The van der Waals surface area contributed by atoms with E-state index in [-0.39, 0.29) is 5.82 Å². The minimum absolute atomic E-state index is 0.278. The largest absolute Gasteiger partial charge is 0.487 e. The first-order valence-corrected chi connectivity index (χ1v) is 7.22. The van der Waals surface area contributed by atoms with Crippen LogP contribution in [0.5, 0.6) is 5.75 Å². The summed E-state index contributed by atoms with van der Waals surface area (Å²) in [6.07, 6.45) is 0. The van der Waals surface area contributed by atoms with Crippen molar-refractivity contribution in [3.63, 3.8) is 0 Å². The quantitative estimate of drug-likeness (QED) is 0.889. The molecule has 1 aromatic carbocycles. The van der Waals surface area contributed by atoms with Crippen molar-refractivity contribution in [2.45, 2.75) is 33.5 Å². The Morgan fingerprint density at radius 3 is 2.86 bits per heavy atom. The van der Waals surface area contributed by atoms with Crippen molar-refractivity contribution in [3.8, 4) is 5.75 Å². The van der Waals surface area contributed by atoms with Gasteiger partial charge in [0, 0.05) is 18.7 Å². The molecule has 6 heteroatoms. The summed E-state index contributed by atoms with van der Waals surface area (Å²) in [5.74, 6) is 0.364. The molecule has 1 aromatic heterocycles. The Bertz CT molecular complexity index is 628. The Labute approximate surface area is 128 Å². The molecule has 1 N–H and O–H groups in total. The van der Waals surface area contributed by atoms with Gasteiger partial charge in [-0.3, -0.25) is 4.68 Å². The second kappa shape index (κ2) is 6.91. The predicted molar refractivity (Wildman–Crippen MR) is 81.1 cm³/mol. The van der Waals surface area contributed by atoms with Crippen LogP contribution in [0.1, 0.15) is 23.9 Å². The molecule has 0 aliphatic rings. The Hall–Kier alpha value is -1.59. The molecule has 0 aliphatic heterocycles. The molecule has 0 bridgehead atoms. The van der Waals surface area contributed by atoms with Crippen LogP contribution in [0.3, 0.4) is 0 Å². The zero-order valence-electron chi connectivity index (χ0n) is 12.4. The van der Waals surface area contributed by atoms with Crippen LogP contribution in [0.4, 0.5) is 4.39 Å². The van der Waals surface area contributed by atoms with Gasteiger partial charge in [-0.15, -0.1) is 0 Å². The summed E-state index contributed by atoms with van der Waals surface area (Å²) in [4.78, 5) is 0. The third kappa shape index (κ3) is 3.54. The molecule has 2 rings (SSSR count). The summed E-state index contributed by atoms with van der Waals surface area (Å²) in [5.41, 5.74) is 2.39. The molecule has 0 fully saturated rings. The van der Waals surface area contributed by atoms with E-state index in [4.69, 9.17) is 16.3 Å². The normalized spacial score (nSPS) is 10.9. The second-order valence-corrected chi connectivity index (χ2v) is 5.11. The fourth-order valence-electron chi connectivity index (χ4n) is 2.17. The van der Waals surface area contributed by atoms with Crippen molar-refractivity contribution >= 4 is 11.6 Å². The van der Waals surface area contributed by atoms with E-state index in [1.807, 2.05) is 18.5 Å². The summed E-state index contributed by atoms with van der Waals surface area (Å²) < 4.78 is 20.9. The van der Waals surface area contributed by atoms with E-state index < -0.39 is 0 Å². The highest BCUT2D eigenvalue weighted by Gasteiger charge is 2.14. The molecule has 0 unspecified atom stereocenters. The molecule has 0 saturated carbocycles. The SMILES string of the molecule is CCn1nc(C)c(Cl)c1COc1ccc(F)cc1CNC. The molecule has 4 nitrogen and oxygen atoms in total. The van der Waals surface area contributed by atoms with Gasteiger partial charge in [0.25, 0.3) is 0 Å². The zero-order valence-corrected chi connectivity index (χ0v) is 13.2. The van der Waals surface area contributed by atoms with Gasteiger partial charge in [-0.2, -0.15) is 5.10 Å². The average molecular weight is 312 g/mol. The van der Waals surface area contributed by atoms with Gasteiger partial charge in [-0.1, -0.05) is 11.6 Å². The van der Waals surface area contributed by atoms with Crippen molar-refractivity contribution in [2.75, 3.05) is 7.05 Å². The number of hydrogen-bond donors (Lipinski definition) is 1. The first-order valence-electron chi connectivity index (χ1n) is 6.84. The summed E-state index contributed by atoms with van der Waals surface area (Å²) in [6.45, 7) is 5.42. The Balaban J connectivity index is 2.20. The van der Waals surface area contributed by atoms with Gasteiger partial charge in [0.15, 0.2) is 0 Å². The van der Waals surface area contributed by atoms with Crippen LogP contribution >= 0.6 is 11.6 Å². The topological polar surface area (TPSA) is 39.1 Å². The summed E-state index contributed by atoms with van der Waals surface area (Å²) in [5, 5.41) is 7.96. The van der Waals surface area contributed by atoms with Crippen molar-refractivity contribution in [3.05, 3.63) is 46.0 Å². The van der Waals surface area contributed by atoms with Crippen LogP contribution in [0.25, 0.3) is 0 Å². The van der Waals surface area contributed by atoms with E-state index in [0.717, 1.165) is 23.5 Å². The monoisotopic (exact) mass is 311 g/mol. The molecule has 0 amide bonds. The number of benzene rings is 1. The predicted octanol–water partition coefficient (Wildman–Crippen LogP) is 3.30. The fourth-order valence-corrected chi connectivity index (χ4v) is 2.36. The first kappa shape index (κ1) is 15.8. The van der Waals surface area contributed by atoms with Crippen molar-refractivity contribution in [1.82, 2.24) is 15.1 Å². The molecule has 0 atom stereocenters. The highest BCUT2D eigenvalue weighted by atomic mass is 35.5. The lowest BCUT2D eigenvalue weighted by atomic mass is 10.2. The second-order valence-electron chi connectivity index (χ2n) is 4.73. The third-order valence-corrected chi connectivity index (χ3v) is 3.70. The Morgan fingerprint density at radius 2 is 2.19 bits per heavy atom. The summed E-state index contributed by atoms with van der Waals surface area (Å²) >= 11 is 6.25. The number of aryl methyl sites for hydroxylation is 2. The van der Waals surface area contributed by atoms with Crippen LogP contribution in [0, 0.1) is 12.7 Å². The molecule has 1 heterocycles. The zero-order chi connectivity index (χ0) is 15.4. The van der Waals surface area contributed by atoms with E-state index in [1.54, 1.807) is 13.1 Å². The van der Waals surface area contributed by atoms with Crippen LogP contribution in [-0.4, -0.2) is 16.8 Å². The highest BCUT2D eigenvalue weighted by Crippen LogP contribution is 2.24. The molecular formula is C15H19ClFN3O. The van der Waals surface area contributed by atoms with Gasteiger partial charge >= 0.3 is 0 Å². The Kier molecular flexibility index (Phi) is 5.20. The minimum Gasteiger partial charge on any atom is -0.487 e. The van der Waals surface area contributed by atoms with Gasteiger partial charge in [-0.25, -0.2) is 4.39 Å². The molecule has 0 spiro atoms. The molecule has 0 aliphatic carbocycles. The summed E-state index contributed by atoms with van der Waals surface area (Å²) in [6, 6.07) is 4.49. The van der Waals surface area contributed by atoms with Gasteiger partial charge in [-0.05, 0) is 39.1 Å². The smallest absolute Gasteiger partial charge is 0.131 e. The van der Waals surface area contributed by atoms with E-state index in [1.165, 1.54) is 12.1 Å². The van der Waals surface area contributed by atoms with Crippen LogP contribution < -0.4 is 10.1 Å². The van der Waals surface area contributed by atoms with Gasteiger partial charge < -0.3 is 10.1 Å². The standard InChI is InChI=1S/C15H19ClFN3O/c1-4-20-13(15(16)10(2)19-20)9-21-14-6-5-12(17)7-11(14)8-18-3/h5-7,18H,4,8-9H2,1-3H3. The molecule has 21 heavy (non-hydrogen) atoms. The fraction of sp³-hybridized carbons (Fsp3) is 0.400. The lowest BCUT2D eigenvalue weighted by Crippen LogP contribution is -2.10. The molecule has 2 aromatic rings. The maximum Gasteiger partial charge on any atom is 0.131 e. The molecule has 114 valence electrons. The van der Waals surface area contributed by atoms with Gasteiger partial charge in [0.05, 0.1) is 16.4 Å². The maximum atomic E-state index is 13.3. The van der Waals surface area contributed by atoms with E-state index >= 15 is 0 Å². The molecular weight excluding hydrogens is 293 g/mol. The summed E-state index contributed by atoms with van der Waals surface area (Å²) in [7, 11) is 1.81. The minimum atomic E-state index is -0.278. The number of ether oxygens (including phenoxy) is 1. The maximum absolute atomic E-state index is 13.3. The first-order chi connectivity index (χ1) is 10.1. The van der Waals surface area contributed by atoms with Crippen LogP contribution in [0.15, 0.2) is 18.2 Å². The van der Waals surface area contributed by atoms with E-state index in [2.05, 4.69) is 10.4 Å². The van der Waals surface area contributed by atoms with Crippen LogP contribution in [0.2, 0.25) is 5.02 Å². The third-order valence-electron chi connectivity index (χ3n) is 3.21. The molecule has 0 radical (unpaired) electrons. The lowest BCUT2D eigenvalue weighted by molar-refractivity contribution is 0.288.